The van der Waals surface area contributed by atoms with Crippen LogP contribution in [0, 0.1) is 17.2 Å². The zero-order valence-corrected chi connectivity index (χ0v) is 11.4. The van der Waals surface area contributed by atoms with E-state index in [1.165, 1.54) is 0 Å². The second-order valence-corrected chi connectivity index (χ2v) is 5.49. The van der Waals surface area contributed by atoms with Gasteiger partial charge in [0.15, 0.2) is 0 Å². The number of nitrogens with zero attached hydrogens (tertiary/aromatic N) is 2. The summed E-state index contributed by atoms with van der Waals surface area (Å²) in [6, 6.07) is 7.20. The number of nitrogens with one attached hydrogen (secondary N) is 1. The third kappa shape index (κ3) is 2.31. The van der Waals surface area contributed by atoms with E-state index in [9.17, 15) is 9.59 Å². The van der Waals surface area contributed by atoms with Crippen molar-refractivity contribution in [2.75, 3.05) is 0 Å². The van der Waals surface area contributed by atoms with E-state index >= 15 is 0 Å². The van der Waals surface area contributed by atoms with Crippen LogP contribution in [0.2, 0.25) is 0 Å². The molecule has 108 valence electrons. The number of imidazole rings is 1. The van der Waals surface area contributed by atoms with Gasteiger partial charge in [0, 0.05) is 6.04 Å². The Balaban J connectivity index is 1.95. The van der Waals surface area contributed by atoms with E-state index in [2.05, 4.69) is 4.98 Å². The monoisotopic (exact) mass is 285 g/mol. The van der Waals surface area contributed by atoms with Crippen molar-refractivity contribution in [3.63, 3.8) is 0 Å². The highest BCUT2D eigenvalue weighted by Gasteiger charge is 2.28. The molecule has 21 heavy (non-hydrogen) atoms. The molecular weight excluding hydrogens is 270 g/mol. The predicted octanol–water partition coefficient (Wildman–Crippen LogP) is 2.02. The van der Waals surface area contributed by atoms with E-state index in [1.54, 1.807) is 22.8 Å². The quantitative estimate of drug-likeness (QED) is 0.881. The average Bonchev–Trinajstić information content (AvgIpc) is 2.82. The number of H-pyrrole nitrogens is 1. The zero-order valence-electron chi connectivity index (χ0n) is 11.4. The highest BCUT2D eigenvalue weighted by atomic mass is 16.4. The number of fused-ring (bicyclic) bond motifs is 1. The molecule has 0 amide bonds. The molecule has 6 nitrogen and oxygen atoms in total. The maximum absolute atomic E-state index is 12.2. The van der Waals surface area contributed by atoms with E-state index in [0.29, 0.717) is 36.8 Å². The summed E-state index contributed by atoms with van der Waals surface area (Å²) in [5.74, 6) is -1.05. The molecule has 3 rings (SSSR count). The molecule has 1 aliphatic carbocycles. The van der Waals surface area contributed by atoms with Gasteiger partial charge in [0.25, 0.3) is 0 Å². The summed E-state index contributed by atoms with van der Waals surface area (Å²) >= 11 is 0. The second-order valence-electron chi connectivity index (χ2n) is 5.49. The smallest absolute Gasteiger partial charge is 0.326 e. The average molecular weight is 285 g/mol. The summed E-state index contributed by atoms with van der Waals surface area (Å²) < 4.78 is 1.70. The van der Waals surface area contributed by atoms with Gasteiger partial charge < -0.3 is 10.1 Å². The number of aliphatic carboxylic acids is 1. The van der Waals surface area contributed by atoms with Crippen LogP contribution >= 0.6 is 0 Å². The number of aromatic amines is 1. The van der Waals surface area contributed by atoms with Gasteiger partial charge in [-0.15, -0.1) is 0 Å². The molecule has 2 aromatic rings. The van der Waals surface area contributed by atoms with Gasteiger partial charge >= 0.3 is 11.7 Å². The lowest BCUT2D eigenvalue weighted by Gasteiger charge is -2.27. The predicted molar refractivity (Wildman–Crippen MR) is 75.9 cm³/mol. The Morgan fingerprint density at radius 3 is 2.67 bits per heavy atom. The Kier molecular flexibility index (Phi) is 3.26. The first kappa shape index (κ1) is 13.4. The molecule has 1 heterocycles. The summed E-state index contributed by atoms with van der Waals surface area (Å²) in [7, 11) is 0. The van der Waals surface area contributed by atoms with Crippen LogP contribution in [-0.4, -0.2) is 20.6 Å². The van der Waals surface area contributed by atoms with Crippen LogP contribution < -0.4 is 5.69 Å². The van der Waals surface area contributed by atoms with Crippen LogP contribution in [0.5, 0.6) is 0 Å². The molecule has 1 fully saturated rings. The van der Waals surface area contributed by atoms with Crippen molar-refractivity contribution in [3.8, 4) is 6.07 Å². The highest BCUT2D eigenvalue weighted by Crippen LogP contribution is 2.33. The van der Waals surface area contributed by atoms with Crippen LogP contribution in [0.3, 0.4) is 0 Å². The van der Waals surface area contributed by atoms with E-state index in [0.717, 1.165) is 5.52 Å². The Labute approximate surface area is 120 Å². The van der Waals surface area contributed by atoms with Gasteiger partial charge in [0.1, 0.15) is 0 Å². The van der Waals surface area contributed by atoms with Crippen molar-refractivity contribution in [1.29, 1.82) is 5.26 Å². The van der Waals surface area contributed by atoms with Gasteiger partial charge in [-0.25, -0.2) is 4.79 Å². The van der Waals surface area contributed by atoms with Gasteiger partial charge in [-0.3, -0.25) is 9.36 Å². The summed E-state index contributed by atoms with van der Waals surface area (Å²) in [5, 5.41) is 17.9. The first-order valence-electron chi connectivity index (χ1n) is 6.97. The fourth-order valence-corrected chi connectivity index (χ4v) is 3.14. The molecule has 0 spiro atoms. The first-order valence-corrected chi connectivity index (χ1v) is 6.97. The van der Waals surface area contributed by atoms with Crippen molar-refractivity contribution in [3.05, 3.63) is 34.2 Å². The standard InChI is InChI=1S/C15H15N3O3/c16-8-9-1-6-13-12(7-9)17-15(21)18(13)11-4-2-10(3-5-11)14(19)20/h1,6-7,10-11H,2-5H2,(H,17,21)(H,19,20). The Morgan fingerprint density at radius 2 is 2.05 bits per heavy atom. The number of hydrogen-bond donors (Lipinski definition) is 2. The summed E-state index contributed by atoms with van der Waals surface area (Å²) in [6.45, 7) is 0. The van der Waals surface area contributed by atoms with Gasteiger partial charge in [-0.05, 0) is 43.9 Å². The van der Waals surface area contributed by atoms with E-state index in [1.807, 2.05) is 6.07 Å². The molecule has 0 bridgehead atoms. The second kappa shape index (κ2) is 5.09. The minimum Gasteiger partial charge on any atom is -0.481 e. The topological polar surface area (TPSA) is 98.9 Å². The van der Waals surface area contributed by atoms with Gasteiger partial charge in [-0.2, -0.15) is 5.26 Å². The van der Waals surface area contributed by atoms with Crippen LogP contribution in [0.25, 0.3) is 11.0 Å². The largest absolute Gasteiger partial charge is 0.481 e. The number of hydrogen-bond acceptors (Lipinski definition) is 3. The molecule has 1 aliphatic rings. The molecule has 1 aromatic heterocycles. The van der Waals surface area contributed by atoms with E-state index in [-0.39, 0.29) is 17.6 Å². The third-order valence-electron chi connectivity index (χ3n) is 4.26. The molecule has 1 aromatic carbocycles. The molecule has 2 N–H and O–H groups in total. The van der Waals surface area contributed by atoms with Crippen molar-refractivity contribution < 1.29 is 9.90 Å². The van der Waals surface area contributed by atoms with Crippen LogP contribution in [-0.2, 0) is 4.79 Å². The minimum absolute atomic E-state index is 0.0229. The Morgan fingerprint density at radius 1 is 1.33 bits per heavy atom. The zero-order chi connectivity index (χ0) is 15.0. The lowest BCUT2D eigenvalue weighted by atomic mass is 9.86. The SMILES string of the molecule is N#Cc1ccc2c(c1)[nH]c(=O)n2C1CCC(C(=O)O)CC1. The molecule has 0 radical (unpaired) electrons. The Bertz CT molecular complexity index is 789. The molecule has 0 saturated heterocycles. The fourth-order valence-electron chi connectivity index (χ4n) is 3.14. The van der Waals surface area contributed by atoms with Gasteiger partial charge in [0.05, 0.1) is 28.6 Å². The molecule has 1 saturated carbocycles. The lowest BCUT2D eigenvalue weighted by molar-refractivity contribution is -0.143. The maximum Gasteiger partial charge on any atom is 0.326 e. The number of benzene rings is 1. The maximum atomic E-state index is 12.2. The Hall–Kier alpha value is -2.55. The van der Waals surface area contributed by atoms with Crippen molar-refractivity contribution >= 4 is 17.0 Å². The van der Waals surface area contributed by atoms with E-state index < -0.39 is 5.97 Å². The van der Waals surface area contributed by atoms with Crippen molar-refractivity contribution in [2.45, 2.75) is 31.7 Å². The number of aromatic nitrogens is 2. The minimum atomic E-state index is -0.751. The summed E-state index contributed by atoms with van der Waals surface area (Å²) in [4.78, 5) is 25.9. The number of rotatable bonds is 2. The lowest BCUT2D eigenvalue weighted by Crippen LogP contribution is -2.28. The van der Waals surface area contributed by atoms with Crippen LogP contribution in [0.1, 0.15) is 37.3 Å². The molecule has 0 atom stereocenters. The highest BCUT2D eigenvalue weighted by molar-refractivity contribution is 5.77. The van der Waals surface area contributed by atoms with Gasteiger partial charge in [0.2, 0.25) is 0 Å². The molecule has 6 heteroatoms. The molecule has 0 unspecified atom stereocenters. The van der Waals surface area contributed by atoms with Gasteiger partial charge in [-0.1, -0.05) is 0 Å². The fraction of sp³-hybridized carbons (Fsp3) is 0.400. The van der Waals surface area contributed by atoms with Crippen molar-refractivity contribution in [1.82, 2.24) is 9.55 Å². The summed E-state index contributed by atoms with van der Waals surface area (Å²) in [5.41, 5.74) is 1.74. The van der Waals surface area contributed by atoms with Crippen LogP contribution in [0.4, 0.5) is 0 Å². The molecular formula is C15H15N3O3. The normalized spacial score (nSPS) is 22.0. The van der Waals surface area contributed by atoms with E-state index in [4.69, 9.17) is 10.4 Å². The number of carboxylic acids is 1. The summed E-state index contributed by atoms with van der Waals surface area (Å²) in [6.07, 6.45) is 2.55. The molecule has 0 aliphatic heterocycles. The first-order chi connectivity index (χ1) is 10.1. The number of carboxylic acid groups (broad SMARTS) is 1. The number of nitriles is 1. The van der Waals surface area contributed by atoms with Crippen LogP contribution in [0.15, 0.2) is 23.0 Å². The number of carbonyl (C=O) groups is 1. The third-order valence-corrected chi connectivity index (χ3v) is 4.26. The van der Waals surface area contributed by atoms with Crippen molar-refractivity contribution in [2.24, 2.45) is 5.92 Å².